The minimum Gasteiger partial charge on any atom is -0.356 e. The number of hydrogen-bond donors (Lipinski definition) is 1. The van der Waals surface area contributed by atoms with Gasteiger partial charge in [-0.3, -0.25) is 4.79 Å². The molecular formula is C15H24N2OS. The van der Waals surface area contributed by atoms with Crippen molar-refractivity contribution >= 4 is 17.2 Å². The molecule has 0 spiro atoms. The van der Waals surface area contributed by atoms with Gasteiger partial charge < -0.3 is 5.32 Å². The number of carbonyl (C=O) groups excluding carboxylic acids is 1. The molecule has 0 unspecified atom stereocenters. The fourth-order valence-electron chi connectivity index (χ4n) is 2.42. The molecule has 106 valence electrons. The van der Waals surface area contributed by atoms with Crippen LogP contribution in [0.3, 0.4) is 0 Å². The molecule has 1 aliphatic rings. The number of carbonyl (C=O) groups is 1. The molecule has 1 aromatic heterocycles. The average molecular weight is 280 g/mol. The molecule has 1 aromatic rings. The van der Waals surface area contributed by atoms with E-state index < -0.39 is 0 Å². The predicted octanol–water partition coefficient (Wildman–Crippen LogP) is 3.26. The Labute approximate surface area is 119 Å². The van der Waals surface area contributed by atoms with Crippen molar-refractivity contribution in [2.75, 3.05) is 6.54 Å². The second-order valence-electron chi connectivity index (χ2n) is 5.24. The lowest BCUT2D eigenvalue weighted by atomic mass is 10.0. The standard InChI is InChI=1S/C15H24N2OS/c1-2-3-6-11-16-14(18)9-10-15-17-12-7-4-5-8-13(12)19-15/h2-11H2,1H3,(H,16,18). The van der Waals surface area contributed by atoms with Crippen molar-refractivity contribution < 1.29 is 4.79 Å². The zero-order valence-electron chi connectivity index (χ0n) is 11.8. The number of unbranched alkanes of at least 4 members (excludes halogenated alkanes) is 2. The summed E-state index contributed by atoms with van der Waals surface area (Å²) in [5.41, 5.74) is 1.30. The van der Waals surface area contributed by atoms with Gasteiger partial charge in [-0.2, -0.15) is 0 Å². The topological polar surface area (TPSA) is 42.0 Å². The first-order chi connectivity index (χ1) is 9.29. The van der Waals surface area contributed by atoms with Crippen LogP contribution >= 0.6 is 11.3 Å². The van der Waals surface area contributed by atoms with Gasteiger partial charge in [0.25, 0.3) is 0 Å². The first-order valence-electron chi connectivity index (χ1n) is 7.53. The Balaban J connectivity index is 1.70. The third-order valence-electron chi connectivity index (χ3n) is 3.56. The summed E-state index contributed by atoms with van der Waals surface area (Å²) in [6.07, 6.45) is 9.76. The molecule has 2 rings (SSSR count). The maximum absolute atomic E-state index is 11.7. The Hall–Kier alpha value is -0.900. The monoisotopic (exact) mass is 280 g/mol. The lowest BCUT2D eigenvalue weighted by Gasteiger charge is -2.06. The van der Waals surface area contributed by atoms with E-state index in [1.165, 1.54) is 42.7 Å². The molecule has 1 amide bonds. The summed E-state index contributed by atoms with van der Waals surface area (Å²) in [6, 6.07) is 0. The van der Waals surface area contributed by atoms with Crippen LogP contribution in [0.25, 0.3) is 0 Å². The second kappa shape index (κ2) is 7.63. The minimum absolute atomic E-state index is 0.171. The van der Waals surface area contributed by atoms with Gasteiger partial charge in [0.05, 0.1) is 10.7 Å². The smallest absolute Gasteiger partial charge is 0.220 e. The maximum Gasteiger partial charge on any atom is 0.220 e. The van der Waals surface area contributed by atoms with Crippen molar-refractivity contribution in [1.82, 2.24) is 10.3 Å². The Kier molecular flexibility index (Phi) is 5.83. The molecule has 1 aliphatic carbocycles. The highest BCUT2D eigenvalue weighted by Gasteiger charge is 2.15. The Morgan fingerprint density at radius 3 is 2.95 bits per heavy atom. The Bertz CT molecular complexity index is 391. The van der Waals surface area contributed by atoms with E-state index in [0.717, 1.165) is 30.8 Å². The van der Waals surface area contributed by atoms with Crippen LogP contribution in [0.1, 0.15) is 61.0 Å². The molecule has 1 heterocycles. The average Bonchev–Trinajstić information content (AvgIpc) is 2.84. The zero-order valence-corrected chi connectivity index (χ0v) is 12.7. The predicted molar refractivity (Wildman–Crippen MR) is 79.6 cm³/mol. The minimum atomic E-state index is 0.171. The maximum atomic E-state index is 11.7. The van der Waals surface area contributed by atoms with Gasteiger partial charge in [0.2, 0.25) is 5.91 Å². The number of aromatic nitrogens is 1. The fraction of sp³-hybridized carbons (Fsp3) is 0.733. The van der Waals surface area contributed by atoms with E-state index in [4.69, 9.17) is 0 Å². The van der Waals surface area contributed by atoms with Crippen LogP contribution in [0.15, 0.2) is 0 Å². The zero-order chi connectivity index (χ0) is 13.5. The number of rotatable bonds is 7. The van der Waals surface area contributed by atoms with Gasteiger partial charge in [0.15, 0.2) is 0 Å². The lowest BCUT2D eigenvalue weighted by Crippen LogP contribution is -2.24. The summed E-state index contributed by atoms with van der Waals surface area (Å²) in [6.45, 7) is 2.99. The van der Waals surface area contributed by atoms with Gasteiger partial charge in [0, 0.05) is 24.3 Å². The first-order valence-corrected chi connectivity index (χ1v) is 8.35. The van der Waals surface area contributed by atoms with Crippen LogP contribution < -0.4 is 5.32 Å². The number of thiazole rings is 1. The number of nitrogens with zero attached hydrogens (tertiary/aromatic N) is 1. The van der Waals surface area contributed by atoms with E-state index in [2.05, 4.69) is 17.2 Å². The van der Waals surface area contributed by atoms with Crippen LogP contribution in [-0.2, 0) is 24.1 Å². The molecule has 0 saturated heterocycles. The summed E-state index contributed by atoms with van der Waals surface area (Å²) in [5, 5.41) is 4.14. The second-order valence-corrected chi connectivity index (χ2v) is 6.41. The number of nitrogens with one attached hydrogen (secondary N) is 1. The van der Waals surface area contributed by atoms with Gasteiger partial charge in [-0.15, -0.1) is 11.3 Å². The van der Waals surface area contributed by atoms with Crippen LogP contribution in [-0.4, -0.2) is 17.4 Å². The van der Waals surface area contributed by atoms with Gasteiger partial charge in [-0.1, -0.05) is 19.8 Å². The molecular weight excluding hydrogens is 256 g/mol. The van der Waals surface area contributed by atoms with Crippen molar-refractivity contribution in [3.05, 3.63) is 15.6 Å². The van der Waals surface area contributed by atoms with Crippen molar-refractivity contribution in [2.45, 2.75) is 64.7 Å². The normalized spacial score (nSPS) is 14.2. The molecule has 3 nitrogen and oxygen atoms in total. The van der Waals surface area contributed by atoms with Gasteiger partial charge >= 0.3 is 0 Å². The van der Waals surface area contributed by atoms with E-state index in [-0.39, 0.29) is 5.91 Å². The van der Waals surface area contributed by atoms with Crippen molar-refractivity contribution in [3.8, 4) is 0 Å². The highest BCUT2D eigenvalue weighted by Crippen LogP contribution is 2.27. The fourth-order valence-corrected chi connectivity index (χ4v) is 3.58. The molecule has 0 aromatic carbocycles. The van der Waals surface area contributed by atoms with Crippen LogP contribution in [0.5, 0.6) is 0 Å². The number of amides is 1. The first kappa shape index (κ1) is 14.5. The molecule has 0 saturated carbocycles. The molecule has 0 bridgehead atoms. The van der Waals surface area contributed by atoms with Gasteiger partial charge in [-0.25, -0.2) is 4.98 Å². The van der Waals surface area contributed by atoms with Crippen LogP contribution in [0.4, 0.5) is 0 Å². The third-order valence-corrected chi connectivity index (χ3v) is 4.78. The van der Waals surface area contributed by atoms with E-state index in [1.54, 1.807) is 0 Å². The van der Waals surface area contributed by atoms with E-state index in [9.17, 15) is 4.79 Å². The largest absolute Gasteiger partial charge is 0.356 e. The van der Waals surface area contributed by atoms with Crippen LogP contribution in [0, 0.1) is 0 Å². The highest BCUT2D eigenvalue weighted by molar-refractivity contribution is 7.11. The summed E-state index contributed by atoms with van der Waals surface area (Å²) in [5.74, 6) is 0.171. The number of fused-ring (bicyclic) bond motifs is 1. The van der Waals surface area contributed by atoms with Gasteiger partial charge in [-0.05, 0) is 32.1 Å². The van der Waals surface area contributed by atoms with E-state index in [1.807, 2.05) is 11.3 Å². The van der Waals surface area contributed by atoms with Crippen molar-refractivity contribution in [2.24, 2.45) is 0 Å². The summed E-state index contributed by atoms with van der Waals surface area (Å²) in [4.78, 5) is 17.8. The van der Waals surface area contributed by atoms with Crippen molar-refractivity contribution in [1.29, 1.82) is 0 Å². The van der Waals surface area contributed by atoms with E-state index in [0.29, 0.717) is 6.42 Å². The number of aryl methyl sites for hydroxylation is 3. The molecule has 0 fully saturated rings. The summed E-state index contributed by atoms with van der Waals surface area (Å²) >= 11 is 1.82. The van der Waals surface area contributed by atoms with Gasteiger partial charge in [0.1, 0.15) is 0 Å². The molecule has 0 aliphatic heterocycles. The van der Waals surface area contributed by atoms with Crippen molar-refractivity contribution in [3.63, 3.8) is 0 Å². The molecule has 4 heteroatoms. The molecule has 1 N–H and O–H groups in total. The highest BCUT2D eigenvalue weighted by atomic mass is 32.1. The number of hydrogen-bond acceptors (Lipinski definition) is 3. The van der Waals surface area contributed by atoms with Crippen LogP contribution in [0.2, 0.25) is 0 Å². The molecule has 0 radical (unpaired) electrons. The SMILES string of the molecule is CCCCCNC(=O)CCc1nc2c(s1)CCCC2. The summed E-state index contributed by atoms with van der Waals surface area (Å²) in [7, 11) is 0. The Morgan fingerprint density at radius 2 is 2.16 bits per heavy atom. The Morgan fingerprint density at radius 1 is 1.32 bits per heavy atom. The molecule has 0 atom stereocenters. The summed E-state index contributed by atoms with van der Waals surface area (Å²) < 4.78 is 0. The quantitative estimate of drug-likeness (QED) is 0.779. The lowest BCUT2D eigenvalue weighted by molar-refractivity contribution is -0.121. The molecule has 19 heavy (non-hydrogen) atoms. The van der Waals surface area contributed by atoms with E-state index >= 15 is 0 Å². The third kappa shape index (κ3) is 4.60.